The molecule has 5 nitrogen and oxygen atoms in total. The average Bonchev–Trinajstić information content (AvgIpc) is 3.23. The zero-order chi connectivity index (χ0) is 19.3. The van der Waals surface area contributed by atoms with E-state index in [1.807, 2.05) is 0 Å². The smallest absolute Gasteiger partial charge is 0.289 e. The molecule has 1 fully saturated rings. The van der Waals surface area contributed by atoms with Gasteiger partial charge in [0.05, 0.1) is 6.26 Å². The van der Waals surface area contributed by atoms with Crippen LogP contribution in [0.25, 0.3) is 11.1 Å². The van der Waals surface area contributed by atoms with Crippen LogP contribution in [-0.2, 0) is 6.54 Å². The van der Waals surface area contributed by atoms with Crippen LogP contribution in [0.3, 0.4) is 0 Å². The van der Waals surface area contributed by atoms with Crippen LogP contribution < -0.4 is 5.56 Å². The predicted molar refractivity (Wildman–Crippen MR) is 102 cm³/mol. The first-order valence-electron chi connectivity index (χ1n) is 9.43. The molecule has 1 aromatic carbocycles. The fourth-order valence-corrected chi connectivity index (χ4v) is 4.64. The van der Waals surface area contributed by atoms with Gasteiger partial charge in [-0.15, -0.1) is 0 Å². The third-order valence-electron chi connectivity index (χ3n) is 5.77. The Bertz CT molecular complexity index is 1100. The monoisotopic (exact) mass is 378 g/mol. The number of hydrogen-bond donors (Lipinski definition) is 0. The van der Waals surface area contributed by atoms with Crippen LogP contribution in [0.4, 0.5) is 4.39 Å². The molecule has 1 amide bonds. The lowest BCUT2D eigenvalue weighted by Crippen LogP contribution is -2.49. The van der Waals surface area contributed by atoms with Gasteiger partial charge in [-0.1, -0.05) is 18.2 Å². The highest BCUT2D eigenvalue weighted by atomic mass is 19.1. The molecule has 4 heterocycles. The second kappa shape index (κ2) is 6.48. The zero-order valence-corrected chi connectivity index (χ0v) is 15.2. The Labute approximate surface area is 161 Å². The van der Waals surface area contributed by atoms with Gasteiger partial charge in [0.15, 0.2) is 5.76 Å². The van der Waals surface area contributed by atoms with Gasteiger partial charge in [0.1, 0.15) is 5.82 Å². The molecule has 28 heavy (non-hydrogen) atoms. The molecular formula is C22H19FN2O3. The van der Waals surface area contributed by atoms with Crippen LogP contribution in [0.1, 0.15) is 28.6 Å². The zero-order valence-electron chi connectivity index (χ0n) is 15.2. The highest BCUT2D eigenvalue weighted by Crippen LogP contribution is 2.40. The summed E-state index contributed by atoms with van der Waals surface area (Å²) in [6.07, 6.45) is 2.37. The number of pyridine rings is 1. The van der Waals surface area contributed by atoms with Crippen molar-refractivity contribution in [2.75, 3.05) is 13.1 Å². The molecule has 0 radical (unpaired) electrons. The molecule has 0 spiro atoms. The molecule has 142 valence electrons. The van der Waals surface area contributed by atoms with Crippen molar-refractivity contribution >= 4 is 5.91 Å². The number of fused-ring (bicyclic) bond motifs is 4. The van der Waals surface area contributed by atoms with E-state index in [1.165, 1.54) is 18.4 Å². The lowest BCUT2D eigenvalue weighted by atomic mass is 9.80. The third-order valence-corrected chi connectivity index (χ3v) is 5.77. The second-order valence-corrected chi connectivity index (χ2v) is 7.55. The van der Waals surface area contributed by atoms with Crippen LogP contribution in [0.15, 0.2) is 64.0 Å². The molecule has 0 aliphatic carbocycles. The first-order valence-corrected chi connectivity index (χ1v) is 9.43. The Hall–Kier alpha value is -3.15. The Morgan fingerprint density at radius 1 is 1.00 bits per heavy atom. The number of halogens is 1. The molecule has 2 aromatic heterocycles. The summed E-state index contributed by atoms with van der Waals surface area (Å²) < 4.78 is 21.5. The van der Waals surface area contributed by atoms with Crippen LogP contribution in [-0.4, -0.2) is 28.5 Å². The molecular weight excluding hydrogens is 359 g/mol. The van der Waals surface area contributed by atoms with E-state index in [9.17, 15) is 14.0 Å². The number of amides is 1. The van der Waals surface area contributed by atoms with Gasteiger partial charge in [-0.3, -0.25) is 9.59 Å². The fraction of sp³-hybridized carbons (Fsp3) is 0.273. The summed E-state index contributed by atoms with van der Waals surface area (Å²) in [5.74, 6) is 0.0395. The van der Waals surface area contributed by atoms with Crippen LogP contribution >= 0.6 is 0 Å². The summed E-state index contributed by atoms with van der Waals surface area (Å²) in [6.45, 7) is 1.61. The van der Waals surface area contributed by atoms with Crippen molar-refractivity contribution in [3.8, 4) is 11.1 Å². The molecule has 0 N–H and O–H groups in total. The van der Waals surface area contributed by atoms with Gasteiger partial charge >= 0.3 is 0 Å². The van der Waals surface area contributed by atoms with E-state index in [4.69, 9.17) is 4.42 Å². The number of rotatable bonds is 2. The van der Waals surface area contributed by atoms with Gasteiger partial charge in [0, 0.05) is 48.4 Å². The first kappa shape index (κ1) is 17.0. The summed E-state index contributed by atoms with van der Waals surface area (Å²) in [5, 5.41) is 0. The average molecular weight is 378 g/mol. The lowest BCUT2D eigenvalue weighted by Gasteiger charge is -2.43. The lowest BCUT2D eigenvalue weighted by molar-refractivity contribution is 0.0564. The molecule has 2 aliphatic rings. The standard InChI is InChI=1S/C22H19FN2O3/c23-18-5-2-1-4-16(18)17-7-8-20(26)25-12-14-10-15(21(17)25)13-24(11-14)22(27)19-6-3-9-28-19/h1-9,14-15H,10-13H2/t14-,15-/m0/s1. The van der Waals surface area contributed by atoms with Gasteiger partial charge in [-0.25, -0.2) is 4.39 Å². The van der Waals surface area contributed by atoms with Gasteiger partial charge in [0.25, 0.3) is 11.5 Å². The van der Waals surface area contributed by atoms with Crippen molar-refractivity contribution in [3.05, 3.63) is 82.4 Å². The van der Waals surface area contributed by atoms with Gasteiger partial charge in [-0.05, 0) is 36.6 Å². The normalized spacial score (nSPS) is 20.7. The van der Waals surface area contributed by atoms with E-state index in [2.05, 4.69) is 0 Å². The maximum Gasteiger partial charge on any atom is 0.289 e. The summed E-state index contributed by atoms with van der Waals surface area (Å²) >= 11 is 0. The SMILES string of the molecule is O=C(c1ccco1)N1C[C@@H]2C[C@@H](C1)c1c(-c3ccccc3F)ccc(=O)n1C2. The van der Waals surface area contributed by atoms with Crippen LogP contribution in [0.2, 0.25) is 0 Å². The molecule has 0 saturated carbocycles. The minimum Gasteiger partial charge on any atom is -0.459 e. The summed E-state index contributed by atoms with van der Waals surface area (Å²) in [4.78, 5) is 27.1. The minimum atomic E-state index is -0.314. The Balaban J connectivity index is 1.59. The van der Waals surface area contributed by atoms with Crippen molar-refractivity contribution in [3.63, 3.8) is 0 Å². The van der Waals surface area contributed by atoms with Crippen molar-refractivity contribution in [2.45, 2.75) is 18.9 Å². The van der Waals surface area contributed by atoms with Crippen molar-refractivity contribution in [2.24, 2.45) is 5.92 Å². The number of furan rings is 1. The van der Waals surface area contributed by atoms with Crippen LogP contribution in [0, 0.1) is 11.7 Å². The molecule has 1 saturated heterocycles. The fourth-order valence-electron chi connectivity index (χ4n) is 4.64. The largest absolute Gasteiger partial charge is 0.459 e. The molecule has 3 aromatic rings. The van der Waals surface area contributed by atoms with E-state index in [1.54, 1.807) is 45.9 Å². The maximum absolute atomic E-state index is 14.5. The van der Waals surface area contributed by atoms with E-state index in [0.717, 1.165) is 17.7 Å². The number of benzene rings is 1. The number of carbonyl (C=O) groups excluding carboxylic acids is 1. The van der Waals surface area contributed by atoms with Crippen molar-refractivity contribution < 1.29 is 13.6 Å². The Morgan fingerprint density at radius 2 is 1.86 bits per heavy atom. The summed E-state index contributed by atoms with van der Waals surface area (Å²) in [7, 11) is 0. The molecule has 5 rings (SSSR count). The summed E-state index contributed by atoms with van der Waals surface area (Å²) in [6, 6.07) is 13.2. The van der Waals surface area contributed by atoms with E-state index < -0.39 is 0 Å². The highest BCUT2D eigenvalue weighted by Gasteiger charge is 2.38. The van der Waals surface area contributed by atoms with E-state index in [0.29, 0.717) is 31.0 Å². The number of hydrogen-bond acceptors (Lipinski definition) is 3. The van der Waals surface area contributed by atoms with E-state index >= 15 is 0 Å². The minimum absolute atomic E-state index is 0.0186. The maximum atomic E-state index is 14.5. The van der Waals surface area contributed by atoms with Gasteiger partial charge < -0.3 is 13.9 Å². The van der Waals surface area contributed by atoms with Gasteiger partial charge in [0.2, 0.25) is 0 Å². The Kier molecular flexibility index (Phi) is 3.93. The highest BCUT2D eigenvalue weighted by molar-refractivity contribution is 5.91. The predicted octanol–water partition coefficient (Wildman–Crippen LogP) is 3.51. The third kappa shape index (κ3) is 2.68. The topological polar surface area (TPSA) is 55.5 Å². The number of carbonyl (C=O) groups is 1. The molecule has 6 heteroatoms. The number of nitrogens with zero attached hydrogens (tertiary/aromatic N) is 2. The van der Waals surface area contributed by atoms with Crippen molar-refractivity contribution in [1.82, 2.24) is 9.47 Å². The number of aromatic nitrogens is 1. The number of piperidine rings is 1. The Morgan fingerprint density at radius 3 is 2.64 bits per heavy atom. The van der Waals surface area contributed by atoms with E-state index in [-0.39, 0.29) is 29.1 Å². The molecule has 2 aliphatic heterocycles. The van der Waals surface area contributed by atoms with Gasteiger partial charge in [-0.2, -0.15) is 0 Å². The van der Waals surface area contributed by atoms with Crippen molar-refractivity contribution in [1.29, 1.82) is 0 Å². The molecule has 2 atom stereocenters. The molecule has 2 bridgehead atoms. The first-order chi connectivity index (χ1) is 13.6. The molecule has 0 unspecified atom stereocenters. The number of likely N-dealkylation sites (tertiary alicyclic amines) is 1. The quantitative estimate of drug-likeness (QED) is 0.686. The van der Waals surface area contributed by atoms with Crippen LogP contribution in [0.5, 0.6) is 0 Å². The summed E-state index contributed by atoms with van der Waals surface area (Å²) in [5.41, 5.74) is 1.97. The second-order valence-electron chi connectivity index (χ2n) is 7.55.